The Balaban J connectivity index is 1.54. The maximum absolute atomic E-state index is 12.1. The minimum absolute atomic E-state index is 0.0309. The van der Waals surface area contributed by atoms with Crippen molar-refractivity contribution in [2.45, 2.75) is 12.8 Å². The fourth-order valence-corrected chi connectivity index (χ4v) is 2.32. The SMILES string of the molecule is O=C(NNC(=O)c1cc(Cl)ccc1O)c1ccc(OCC2CC2)cc1. The van der Waals surface area contributed by atoms with E-state index in [-0.39, 0.29) is 11.3 Å². The number of carbonyl (C=O) groups is 2. The molecule has 0 unspecified atom stereocenters. The Hall–Kier alpha value is -2.73. The maximum atomic E-state index is 12.1. The lowest BCUT2D eigenvalue weighted by atomic mass is 10.2. The summed E-state index contributed by atoms with van der Waals surface area (Å²) in [6, 6.07) is 10.7. The van der Waals surface area contributed by atoms with Crippen molar-refractivity contribution in [3.63, 3.8) is 0 Å². The smallest absolute Gasteiger partial charge is 0.273 e. The Morgan fingerprint density at radius 2 is 1.76 bits per heavy atom. The van der Waals surface area contributed by atoms with E-state index in [0.717, 1.165) is 0 Å². The first-order valence-electron chi connectivity index (χ1n) is 7.85. The van der Waals surface area contributed by atoms with E-state index in [1.165, 1.54) is 31.0 Å². The second-order valence-electron chi connectivity index (χ2n) is 5.85. The molecule has 0 radical (unpaired) electrons. The normalized spacial score (nSPS) is 13.2. The van der Waals surface area contributed by atoms with Crippen molar-refractivity contribution in [2.75, 3.05) is 6.61 Å². The zero-order chi connectivity index (χ0) is 17.8. The van der Waals surface area contributed by atoms with E-state index in [2.05, 4.69) is 10.9 Å². The molecule has 0 spiro atoms. The summed E-state index contributed by atoms with van der Waals surface area (Å²) in [7, 11) is 0. The Bertz CT molecular complexity index is 788. The molecule has 1 fully saturated rings. The first-order valence-corrected chi connectivity index (χ1v) is 8.23. The van der Waals surface area contributed by atoms with Crippen LogP contribution in [0, 0.1) is 5.92 Å². The third kappa shape index (κ3) is 4.64. The molecule has 25 heavy (non-hydrogen) atoms. The molecule has 0 bridgehead atoms. The molecule has 1 saturated carbocycles. The van der Waals surface area contributed by atoms with Gasteiger partial charge in [-0.3, -0.25) is 20.4 Å². The number of halogens is 1. The van der Waals surface area contributed by atoms with E-state index in [0.29, 0.717) is 28.9 Å². The largest absolute Gasteiger partial charge is 0.507 e. The number of nitrogens with one attached hydrogen (secondary N) is 2. The molecule has 2 aromatic carbocycles. The van der Waals surface area contributed by atoms with Gasteiger partial charge in [0.25, 0.3) is 11.8 Å². The molecule has 130 valence electrons. The molecule has 0 aliphatic heterocycles. The number of carbonyl (C=O) groups excluding carboxylic acids is 2. The molecule has 2 aromatic rings. The standard InChI is InChI=1S/C18H17ClN2O4/c19-13-5-8-16(22)15(9-13)18(24)21-20-17(23)12-3-6-14(7-4-12)25-10-11-1-2-11/h3-9,11,22H,1-2,10H2,(H,20,23)(H,21,24). The summed E-state index contributed by atoms with van der Waals surface area (Å²) < 4.78 is 5.60. The number of benzene rings is 2. The third-order valence-corrected chi connectivity index (χ3v) is 4.03. The molecule has 2 amide bonds. The van der Waals surface area contributed by atoms with E-state index < -0.39 is 11.8 Å². The molecule has 0 heterocycles. The van der Waals surface area contributed by atoms with Crippen molar-refractivity contribution in [1.29, 1.82) is 0 Å². The average Bonchev–Trinajstić information content (AvgIpc) is 3.44. The molecule has 0 aromatic heterocycles. The lowest BCUT2D eigenvalue weighted by Gasteiger charge is -2.09. The predicted octanol–water partition coefficient (Wildman–Crippen LogP) is 2.91. The fourth-order valence-electron chi connectivity index (χ4n) is 2.14. The van der Waals surface area contributed by atoms with Gasteiger partial charge in [-0.05, 0) is 61.2 Å². The third-order valence-electron chi connectivity index (χ3n) is 3.79. The van der Waals surface area contributed by atoms with Crippen LogP contribution in [-0.4, -0.2) is 23.5 Å². The summed E-state index contributed by atoms with van der Waals surface area (Å²) in [5.74, 6) is -0.0212. The van der Waals surface area contributed by atoms with Gasteiger partial charge in [0.05, 0.1) is 12.2 Å². The van der Waals surface area contributed by atoms with Gasteiger partial charge in [-0.2, -0.15) is 0 Å². The molecular formula is C18H17ClN2O4. The van der Waals surface area contributed by atoms with Gasteiger partial charge in [-0.15, -0.1) is 0 Å². The maximum Gasteiger partial charge on any atom is 0.273 e. The first-order chi connectivity index (χ1) is 12.0. The number of hydrogen-bond donors (Lipinski definition) is 3. The highest BCUT2D eigenvalue weighted by Gasteiger charge is 2.21. The van der Waals surface area contributed by atoms with Crippen molar-refractivity contribution >= 4 is 23.4 Å². The summed E-state index contributed by atoms with van der Waals surface area (Å²) >= 11 is 5.79. The summed E-state index contributed by atoms with van der Waals surface area (Å²) in [5, 5.41) is 9.97. The fraction of sp³-hybridized carbons (Fsp3) is 0.222. The van der Waals surface area contributed by atoms with Crippen LogP contribution in [0.25, 0.3) is 0 Å². The van der Waals surface area contributed by atoms with Crippen molar-refractivity contribution < 1.29 is 19.4 Å². The van der Waals surface area contributed by atoms with Crippen LogP contribution in [0.3, 0.4) is 0 Å². The van der Waals surface area contributed by atoms with Crippen LogP contribution in [0.5, 0.6) is 11.5 Å². The molecule has 0 atom stereocenters. The molecule has 3 N–H and O–H groups in total. The van der Waals surface area contributed by atoms with Crippen molar-refractivity contribution in [3.05, 3.63) is 58.6 Å². The summed E-state index contributed by atoms with van der Waals surface area (Å²) in [5.41, 5.74) is 4.87. The van der Waals surface area contributed by atoms with Gasteiger partial charge in [0, 0.05) is 10.6 Å². The monoisotopic (exact) mass is 360 g/mol. The van der Waals surface area contributed by atoms with Gasteiger partial charge in [0.15, 0.2) is 0 Å². The summed E-state index contributed by atoms with van der Waals surface area (Å²) in [6.45, 7) is 0.699. The average molecular weight is 361 g/mol. The Labute approximate surface area is 149 Å². The second kappa shape index (κ2) is 7.44. The van der Waals surface area contributed by atoms with Gasteiger partial charge in [-0.1, -0.05) is 11.6 Å². The number of hydrazine groups is 1. The zero-order valence-electron chi connectivity index (χ0n) is 13.3. The quantitative estimate of drug-likeness (QED) is 0.715. The second-order valence-corrected chi connectivity index (χ2v) is 6.28. The minimum atomic E-state index is -0.669. The van der Waals surface area contributed by atoms with E-state index in [1.807, 2.05) is 0 Å². The molecule has 0 saturated heterocycles. The van der Waals surface area contributed by atoms with Crippen LogP contribution < -0.4 is 15.6 Å². The lowest BCUT2D eigenvalue weighted by Crippen LogP contribution is -2.41. The van der Waals surface area contributed by atoms with Gasteiger partial charge >= 0.3 is 0 Å². The molecular weight excluding hydrogens is 344 g/mol. The van der Waals surface area contributed by atoms with Gasteiger partial charge < -0.3 is 9.84 Å². The molecule has 1 aliphatic carbocycles. The van der Waals surface area contributed by atoms with Crippen molar-refractivity contribution in [2.24, 2.45) is 5.92 Å². The van der Waals surface area contributed by atoms with Crippen LogP contribution in [0.4, 0.5) is 0 Å². The Morgan fingerprint density at radius 1 is 1.08 bits per heavy atom. The number of aromatic hydroxyl groups is 1. The summed E-state index contributed by atoms with van der Waals surface area (Å²) in [6.07, 6.45) is 2.42. The predicted molar refractivity (Wildman–Crippen MR) is 92.7 cm³/mol. The number of rotatable bonds is 5. The van der Waals surface area contributed by atoms with Crippen LogP contribution >= 0.6 is 11.6 Å². The number of ether oxygens (including phenoxy) is 1. The molecule has 1 aliphatic rings. The van der Waals surface area contributed by atoms with Crippen LogP contribution in [-0.2, 0) is 0 Å². The summed E-state index contributed by atoms with van der Waals surface area (Å²) in [4.78, 5) is 24.1. The topological polar surface area (TPSA) is 87.7 Å². The minimum Gasteiger partial charge on any atom is -0.507 e. The zero-order valence-corrected chi connectivity index (χ0v) is 14.0. The Kier molecular flexibility index (Phi) is 5.09. The molecule has 6 nitrogen and oxygen atoms in total. The highest BCUT2D eigenvalue weighted by atomic mass is 35.5. The highest BCUT2D eigenvalue weighted by molar-refractivity contribution is 6.31. The van der Waals surface area contributed by atoms with E-state index in [9.17, 15) is 14.7 Å². The highest BCUT2D eigenvalue weighted by Crippen LogP contribution is 2.29. The lowest BCUT2D eigenvalue weighted by molar-refractivity contribution is 0.0845. The van der Waals surface area contributed by atoms with Gasteiger partial charge in [-0.25, -0.2) is 0 Å². The van der Waals surface area contributed by atoms with Crippen molar-refractivity contribution in [1.82, 2.24) is 10.9 Å². The van der Waals surface area contributed by atoms with Crippen LogP contribution in [0.15, 0.2) is 42.5 Å². The van der Waals surface area contributed by atoms with E-state index in [1.54, 1.807) is 24.3 Å². The first kappa shape index (κ1) is 17.1. The van der Waals surface area contributed by atoms with Crippen molar-refractivity contribution in [3.8, 4) is 11.5 Å². The van der Waals surface area contributed by atoms with Gasteiger partial charge in [0.1, 0.15) is 11.5 Å². The molecule has 7 heteroatoms. The number of phenols is 1. The van der Waals surface area contributed by atoms with Crippen LogP contribution in [0.1, 0.15) is 33.6 Å². The number of phenolic OH excluding ortho intramolecular Hbond substituents is 1. The number of amides is 2. The van der Waals surface area contributed by atoms with Gasteiger partial charge in [0.2, 0.25) is 0 Å². The van der Waals surface area contributed by atoms with E-state index in [4.69, 9.17) is 16.3 Å². The van der Waals surface area contributed by atoms with Crippen LogP contribution in [0.2, 0.25) is 5.02 Å². The Morgan fingerprint density at radius 3 is 2.44 bits per heavy atom. The molecule has 3 rings (SSSR count). The van der Waals surface area contributed by atoms with E-state index >= 15 is 0 Å². The number of hydrogen-bond acceptors (Lipinski definition) is 4.